The summed E-state index contributed by atoms with van der Waals surface area (Å²) in [6, 6.07) is 9.22. The van der Waals surface area contributed by atoms with Crippen molar-refractivity contribution in [3.8, 4) is 0 Å². The van der Waals surface area contributed by atoms with Gasteiger partial charge in [-0.25, -0.2) is 0 Å². The predicted octanol–water partition coefficient (Wildman–Crippen LogP) is 4.66. The van der Waals surface area contributed by atoms with Gasteiger partial charge in [0.05, 0.1) is 0 Å². The van der Waals surface area contributed by atoms with Gasteiger partial charge < -0.3 is 4.57 Å². The van der Waals surface area contributed by atoms with Gasteiger partial charge in [0.25, 0.3) is 0 Å². The molecule has 0 saturated heterocycles. The number of aromatic nitrogens is 1. The number of aryl methyl sites for hydroxylation is 1. The normalized spacial score (nSPS) is 19.2. The van der Waals surface area contributed by atoms with E-state index in [0.29, 0.717) is 5.92 Å². The quantitative estimate of drug-likeness (QED) is 0.703. The van der Waals surface area contributed by atoms with Crippen LogP contribution in [-0.2, 0) is 6.54 Å². The SMILES string of the molecule is CCC1CCn2c1cc1c(C(C)C)cccc12. The first-order valence-corrected chi connectivity index (χ1v) is 6.84. The number of nitrogens with zero attached hydrogens (tertiary/aromatic N) is 1. The van der Waals surface area contributed by atoms with Gasteiger partial charge in [0.2, 0.25) is 0 Å². The van der Waals surface area contributed by atoms with Gasteiger partial charge >= 0.3 is 0 Å². The third-order valence-electron chi connectivity index (χ3n) is 4.25. The molecule has 2 heterocycles. The Balaban J connectivity index is 2.25. The van der Waals surface area contributed by atoms with Crippen molar-refractivity contribution < 1.29 is 0 Å². The molecule has 1 aliphatic heterocycles. The number of benzene rings is 1. The van der Waals surface area contributed by atoms with Crippen LogP contribution in [0.4, 0.5) is 0 Å². The Labute approximate surface area is 103 Å². The monoisotopic (exact) mass is 227 g/mol. The van der Waals surface area contributed by atoms with E-state index in [9.17, 15) is 0 Å². The molecule has 0 amide bonds. The highest BCUT2D eigenvalue weighted by molar-refractivity contribution is 5.85. The average molecular weight is 227 g/mol. The standard InChI is InChI=1S/C16H21N/c1-4-12-8-9-17-15-7-5-6-13(11(2)3)14(15)10-16(12)17/h5-7,10-12H,4,8-9H2,1-3H3. The summed E-state index contributed by atoms with van der Waals surface area (Å²) in [5, 5.41) is 1.48. The number of hydrogen-bond acceptors (Lipinski definition) is 0. The Kier molecular flexibility index (Phi) is 2.50. The van der Waals surface area contributed by atoms with E-state index < -0.39 is 0 Å². The van der Waals surface area contributed by atoms with Gasteiger partial charge in [-0.1, -0.05) is 32.9 Å². The molecule has 1 aromatic carbocycles. The summed E-state index contributed by atoms with van der Waals surface area (Å²) in [6.07, 6.45) is 2.60. The molecule has 17 heavy (non-hydrogen) atoms. The van der Waals surface area contributed by atoms with E-state index in [4.69, 9.17) is 0 Å². The predicted molar refractivity (Wildman–Crippen MR) is 73.7 cm³/mol. The Morgan fingerprint density at radius 1 is 1.35 bits per heavy atom. The zero-order valence-corrected chi connectivity index (χ0v) is 11.0. The summed E-state index contributed by atoms with van der Waals surface area (Å²) >= 11 is 0. The van der Waals surface area contributed by atoms with Crippen LogP contribution >= 0.6 is 0 Å². The lowest BCUT2D eigenvalue weighted by atomic mass is 9.97. The van der Waals surface area contributed by atoms with Gasteiger partial charge in [0.1, 0.15) is 0 Å². The summed E-state index contributed by atoms with van der Waals surface area (Å²) in [5.74, 6) is 1.39. The molecule has 1 aromatic heterocycles. The van der Waals surface area contributed by atoms with Crippen LogP contribution in [0.5, 0.6) is 0 Å². The maximum atomic E-state index is 2.54. The second kappa shape index (κ2) is 3.90. The summed E-state index contributed by atoms with van der Waals surface area (Å²) in [5.41, 5.74) is 4.51. The van der Waals surface area contributed by atoms with Crippen molar-refractivity contribution in [2.75, 3.05) is 0 Å². The van der Waals surface area contributed by atoms with Crippen molar-refractivity contribution >= 4 is 10.9 Å². The second-order valence-electron chi connectivity index (χ2n) is 5.55. The lowest BCUT2D eigenvalue weighted by Gasteiger charge is -2.08. The van der Waals surface area contributed by atoms with E-state index in [2.05, 4.69) is 49.6 Å². The van der Waals surface area contributed by atoms with E-state index in [-0.39, 0.29) is 0 Å². The molecule has 0 spiro atoms. The van der Waals surface area contributed by atoms with Crippen molar-refractivity contribution in [2.45, 2.75) is 52.0 Å². The van der Waals surface area contributed by atoms with Gasteiger partial charge in [0, 0.05) is 29.1 Å². The van der Waals surface area contributed by atoms with Crippen molar-refractivity contribution in [3.63, 3.8) is 0 Å². The van der Waals surface area contributed by atoms with Gasteiger partial charge in [-0.15, -0.1) is 0 Å². The minimum absolute atomic E-state index is 0.613. The van der Waals surface area contributed by atoms with Crippen LogP contribution in [0.2, 0.25) is 0 Å². The second-order valence-corrected chi connectivity index (χ2v) is 5.55. The van der Waals surface area contributed by atoms with Gasteiger partial charge in [-0.3, -0.25) is 0 Å². The summed E-state index contributed by atoms with van der Waals surface area (Å²) in [4.78, 5) is 0. The van der Waals surface area contributed by atoms with Crippen LogP contribution in [0.1, 0.15) is 56.7 Å². The van der Waals surface area contributed by atoms with E-state index >= 15 is 0 Å². The number of fused-ring (bicyclic) bond motifs is 3. The molecule has 0 fully saturated rings. The molecule has 1 nitrogen and oxygen atoms in total. The van der Waals surface area contributed by atoms with Crippen molar-refractivity contribution in [1.29, 1.82) is 0 Å². The van der Waals surface area contributed by atoms with Crippen molar-refractivity contribution in [2.24, 2.45) is 0 Å². The minimum Gasteiger partial charge on any atom is -0.344 e. The highest BCUT2D eigenvalue weighted by Gasteiger charge is 2.24. The van der Waals surface area contributed by atoms with Crippen LogP contribution in [0, 0.1) is 0 Å². The molecule has 0 N–H and O–H groups in total. The molecule has 1 aliphatic rings. The molecule has 1 atom stereocenters. The smallest absolute Gasteiger partial charge is 0.0485 e. The fourth-order valence-corrected chi connectivity index (χ4v) is 3.27. The number of hydrogen-bond donors (Lipinski definition) is 0. The van der Waals surface area contributed by atoms with Crippen molar-refractivity contribution in [3.05, 3.63) is 35.5 Å². The molecule has 0 radical (unpaired) electrons. The molecule has 0 aliphatic carbocycles. The topological polar surface area (TPSA) is 4.93 Å². The van der Waals surface area contributed by atoms with Gasteiger partial charge in [0.15, 0.2) is 0 Å². The van der Waals surface area contributed by atoms with Crippen LogP contribution in [0.15, 0.2) is 24.3 Å². The zero-order valence-electron chi connectivity index (χ0n) is 11.0. The molecule has 1 unspecified atom stereocenters. The van der Waals surface area contributed by atoms with Crippen LogP contribution in [0.25, 0.3) is 10.9 Å². The molecule has 90 valence electrons. The van der Waals surface area contributed by atoms with E-state index in [1.165, 1.54) is 35.9 Å². The van der Waals surface area contributed by atoms with Crippen LogP contribution in [-0.4, -0.2) is 4.57 Å². The van der Waals surface area contributed by atoms with Crippen LogP contribution in [0.3, 0.4) is 0 Å². The Bertz CT molecular complexity index is 548. The van der Waals surface area contributed by atoms with E-state index in [0.717, 1.165) is 5.92 Å². The van der Waals surface area contributed by atoms with E-state index in [1.54, 1.807) is 5.69 Å². The molecule has 3 rings (SSSR count). The van der Waals surface area contributed by atoms with Gasteiger partial charge in [-0.05, 0) is 36.5 Å². The lowest BCUT2D eigenvalue weighted by Crippen LogP contribution is -1.92. The first-order chi connectivity index (χ1) is 8.22. The summed E-state index contributed by atoms with van der Waals surface area (Å²) in [6.45, 7) is 8.09. The minimum atomic E-state index is 0.613. The first kappa shape index (κ1) is 10.9. The first-order valence-electron chi connectivity index (χ1n) is 6.84. The Hall–Kier alpha value is -1.24. The van der Waals surface area contributed by atoms with Crippen LogP contribution < -0.4 is 0 Å². The average Bonchev–Trinajstić information content (AvgIpc) is 2.86. The highest BCUT2D eigenvalue weighted by Crippen LogP contribution is 2.38. The molecule has 1 heteroatoms. The third-order valence-corrected chi connectivity index (χ3v) is 4.25. The highest BCUT2D eigenvalue weighted by atomic mass is 15.0. The number of rotatable bonds is 2. The van der Waals surface area contributed by atoms with E-state index in [1.807, 2.05) is 0 Å². The zero-order chi connectivity index (χ0) is 12.0. The maximum absolute atomic E-state index is 2.54. The van der Waals surface area contributed by atoms with Gasteiger partial charge in [-0.2, -0.15) is 0 Å². The summed E-state index contributed by atoms with van der Waals surface area (Å²) in [7, 11) is 0. The fraction of sp³-hybridized carbons (Fsp3) is 0.500. The Morgan fingerprint density at radius 3 is 2.88 bits per heavy atom. The maximum Gasteiger partial charge on any atom is 0.0485 e. The molecular weight excluding hydrogens is 206 g/mol. The molecular formula is C16H21N. The largest absolute Gasteiger partial charge is 0.344 e. The Morgan fingerprint density at radius 2 is 2.18 bits per heavy atom. The fourth-order valence-electron chi connectivity index (χ4n) is 3.27. The van der Waals surface area contributed by atoms with Crippen molar-refractivity contribution in [1.82, 2.24) is 4.57 Å². The molecule has 2 aromatic rings. The summed E-state index contributed by atoms with van der Waals surface area (Å²) < 4.78 is 2.54. The molecule has 0 saturated carbocycles. The lowest BCUT2D eigenvalue weighted by molar-refractivity contribution is 0.646. The third kappa shape index (κ3) is 1.52. The molecule has 0 bridgehead atoms.